The van der Waals surface area contributed by atoms with E-state index in [4.69, 9.17) is 23.7 Å². The molecule has 4 unspecified atom stereocenters. The Balaban J connectivity index is 1.38. The van der Waals surface area contributed by atoms with E-state index in [1.165, 1.54) is 11.9 Å². The molecular weight excluding hydrogens is 386 g/mol. The van der Waals surface area contributed by atoms with E-state index < -0.39 is 48.7 Å². The average Bonchev–Trinajstić information content (AvgIpc) is 3.13. The Kier molecular flexibility index (Phi) is 5.18. The van der Waals surface area contributed by atoms with Gasteiger partial charge in [0.15, 0.2) is 24.8 Å². The molecule has 11 nitrogen and oxygen atoms in total. The van der Waals surface area contributed by atoms with E-state index in [1.807, 2.05) is 0 Å². The number of likely N-dealkylation sites (N-methyl/N-ethyl adjacent to an activating group) is 1. The smallest absolute Gasteiger partial charge is 0.410 e. The lowest BCUT2D eigenvalue weighted by molar-refractivity contribution is -0.160. The van der Waals surface area contributed by atoms with Gasteiger partial charge in [-0.3, -0.25) is 9.59 Å². The normalized spacial score (nSPS) is 36.1. The van der Waals surface area contributed by atoms with Crippen LogP contribution < -0.4 is 5.32 Å². The van der Waals surface area contributed by atoms with Crippen molar-refractivity contribution in [3.8, 4) is 0 Å². The molecule has 4 heterocycles. The van der Waals surface area contributed by atoms with Gasteiger partial charge >= 0.3 is 6.09 Å². The molecule has 4 fully saturated rings. The Bertz CT molecular complexity index is 695. The predicted molar refractivity (Wildman–Crippen MR) is 95.5 cm³/mol. The lowest BCUT2D eigenvalue weighted by atomic mass is 10.1. The van der Waals surface area contributed by atoms with Crippen molar-refractivity contribution in [3.63, 3.8) is 0 Å². The molecule has 29 heavy (non-hydrogen) atoms. The van der Waals surface area contributed by atoms with Gasteiger partial charge in [-0.15, -0.1) is 0 Å². The first-order chi connectivity index (χ1) is 13.6. The number of nitrogens with zero attached hydrogens (tertiary/aromatic N) is 2. The zero-order valence-corrected chi connectivity index (χ0v) is 17.0. The molecule has 3 amide bonds. The maximum atomic E-state index is 13.1. The van der Waals surface area contributed by atoms with E-state index in [0.717, 1.165) is 0 Å². The Morgan fingerprint density at radius 3 is 2.03 bits per heavy atom. The number of morpholine rings is 2. The third kappa shape index (κ3) is 4.04. The molecule has 0 spiro atoms. The molecule has 162 valence electrons. The fourth-order valence-corrected chi connectivity index (χ4v) is 3.92. The summed E-state index contributed by atoms with van der Waals surface area (Å²) >= 11 is 0. The van der Waals surface area contributed by atoms with Crippen LogP contribution in [0.1, 0.15) is 20.8 Å². The molecular formula is C18H27N3O8. The fraction of sp³-hybridized carbons (Fsp3) is 0.833. The van der Waals surface area contributed by atoms with Crippen molar-refractivity contribution in [2.75, 3.05) is 33.2 Å². The lowest BCUT2D eigenvalue weighted by Crippen LogP contribution is -2.54. The summed E-state index contributed by atoms with van der Waals surface area (Å²) in [6, 6.07) is 0. The number of hydrogen-bond acceptors (Lipinski definition) is 8. The van der Waals surface area contributed by atoms with Crippen LogP contribution in [-0.2, 0) is 33.3 Å². The van der Waals surface area contributed by atoms with Crippen molar-refractivity contribution < 1.29 is 38.1 Å². The average molecular weight is 413 g/mol. The number of ether oxygens (including phenoxy) is 5. The van der Waals surface area contributed by atoms with Crippen molar-refractivity contribution in [2.45, 2.75) is 63.4 Å². The molecule has 4 saturated heterocycles. The summed E-state index contributed by atoms with van der Waals surface area (Å²) < 4.78 is 28.1. The van der Waals surface area contributed by atoms with Crippen molar-refractivity contribution >= 4 is 17.9 Å². The minimum Gasteiger partial charge on any atom is -0.444 e. The predicted octanol–water partition coefficient (Wildman–Crippen LogP) is -0.954. The lowest BCUT2D eigenvalue weighted by Gasteiger charge is -2.34. The summed E-state index contributed by atoms with van der Waals surface area (Å²) in [6.45, 7) is 6.22. The van der Waals surface area contributed by atoms with E-state index in [9.17, 15) is 14.4 Å². The summed E-state index contributed by atoms with van der Waals surface area (Å²) in [4.78, 5) is 40.5. The Hall–Kier alpha value is -1.95. The van der Waals surface area contributed by atoms with Crippen LogP contribution in [0.4, 0.5) is 4.79 Å². The number of carbonyl (C=O) groups excluding carboxylic acids is 3. The third-order valence-electron chi connectivity index (χ3n) is 5.18. The molecule has 0 radical (unpaired) electrons. The zero-order chi connectivity index (χ0) is 20.9. The number of hydrogen-bond donors (Lipinski definition) is 1. The van der Waals surface area contributed by atoms with Gasteiger partial charge in [-0.1, -0.05) is 0 Å². The summed E-state index contributed by atoms with van der Waals surface area (Å²) in [5.74, 6) is -0.542. The van der Waals surface area contributed by atoms with Gasteiger partial charge in [0.05, 0.1) is 26.2 Å². The van der Waals surface area contributed by atoms with Gasteiger partial charge in [-0.2, -0.15) is 0 Å². The molecule has 6 atom stereocenters. The monoisotopic (exact) mass is 413 g/mol. The number of amides is 3. The van der Waals surface area contributed by atoms with E-state index in [0.29, 0.717) is 0 Å². The van der Waals surface area contributed by atoms with Crippen molar-refractivity contribution in [1.29, 1.82) is 0 Å². The highest BCUT2D eigenvalue weighted by Gasteiger charge is 2.52. The van der Waals surface area contributed by atoms with Crippen molar-refractivity contribution in [3.05, 3.63) is 0 Å². The second-order valence-electron chi connectivity index (χ2n) is 8.56. The van der Waals surface area contributed by atoms with Gasteiger partial charge < -0.3 is 38.8 Å². The molecule has 0 aromatic heterocycles. The minimum absolute atomic E-state index is 0.200. The number of carbonyl (C=O) groups is 3. The molecule has 1 N–H and O–H groups in total. The van der Waals surface area contributed by atoms with Crippen molar-refractivity contribution in [2.24, 2.45) is 0 Å². The topological polar surface area (TPSA) is 116 Å². The summed E-state index contributed by atoms with van der Waals surface area (Å²) in [5, 5.41) is 2.54. The number of nitrogens with one attached hydrogen (secondary N) is 1. The van der Waals surface area contributed by atoms with Crippen LogP contribution in [0.3, 0.4) is 0 Å². The standard InChI is InChI=1S/C18H27N3O8/c1-18(2,3)29-17(24)21-6-10-14(28-12(8-21)26-10)16(23)20-5-9-13(15(22)19-4)27-11(7-20)25-9/h9-14H,5-8H2,1-4H3,(H,19,22)/t9?,10?,11?,12?,13-,14-/m1/s1. The van der Waals surface area contributed by atoms with Gasteiger partial charge in [0, 0.05) is 7.05 Å². The van der Waals surface area contributed by atoms with Crippen LogP contribution >= 0.6 is 0 Å². The first kappa shape index (κ1) is 20.3. The fourth-order valence-electron chi connectivity index (χ4n) is 3.92. The van der Waals surface area contributed by atoms with Crippen LogP contribution in [0.25, 0.3) is 0 Å². The molecule has 11 heteroatoms. The molecule has 4 rings (SSSR count). The molecule has 0 saturated carbocycles. The minimum atomic E-state index is -0.830. The number of rotatable bonds is 2. The Labute approximate surface area is 168 Å². The molecule has 4 bridgehead atoms. The van der Waals surface area contributed by atoms with Crippen LogP contribution in [0.5, 0.6) is 0 Å². The summed E-state index contributed by atoms with van der Waals surface area (Å²) in [5.41, 5.74) is -0.612. The first-order valence-corrected chi connectivity index (χ1v) is 9.75. The zero-order valence-electron chi connectivity index (χ0n) is 17.0. The molecule has 4 aliphatic heterocycles. The van der Waals surface area contributed by atoms with Crippen LogP contribution in [0, 0.1) is 0 Å². The third-order valence-corrected chi connectivity index (χ3v) is 5.18. The quantitative estimate of drug-likeness (QED) is 0.616. The van der Waals surface area contributed by atoms with Crippen LogP contribution in [0.2, 0.25) is 0 Å². The van der Waals surface area contributed by atoms with Crippen molar-refractivity contribution in [1.82, 2.24) is 15.1 Å². The van der Waals surface area contributed by atoms with Crippen LogP contribution in [-0.4, -0.2) is 104 Å². The highest BCUT2D eigenvalue weighted by molar-refractivity contribution is 5.84. The second-order valence-corrected chi connectivity index (χ2v) is 8.56. The van der Waals surface area contributed by atoms with Gasteiger partial charge in [0.25, 0.3) is 11.8 Å². The second kappa shape index (κ2) is 7.38. The maximum Gasteiger partial charge on any atom is 0.410 e. The SMILES string of the molecule is CNC(=O)[C@@H]1OC2CN(C(=O)[C@@H]3OC4CN(C(=O)OC(C)(C)C)CC3O4)CC1O2. The van der Waals surface area contributed by atoms with E-state index >= 15 is 0 Å². The van der Waals surface area contributed by atoms with E-state index in [2.05, 4.69) is 5.32 Å². The molecule has 0 aromatic rings. The summed E-state index contributed by atoms with van der Waals surface area (Å²) in [7, 11) is 1.53. The van der Waals surface area contributed by atoms with E-state index in [1.54, 1.807) is 25.7 Å². The Morgan fingerprint density at radius 2 is 1.41 bits per heavy atom. The molecule has 0 aromatic carbocycles. The van der Waals surface area contributed by atoms with Gasteiger partial charge in [0.2, 0.25) is 0 Å². The van der Waals surface area contributed by atoms with Gasteiger partial charge in [-0.25, -0.2) is 4.79 Å². The number of fused-ring (bicyclic) bond motifs is 4. The van der Waals surface area contributed by atoms with E-state index in [-0.39, 0.29) is 38.0 Å². The maximum absolute atomic E-state index is 13.1. The highest BCUT2D eigenvalue weighted by atomic mass is 16.7. The molecule has 0 aliphatic carbocycles. The highest BCUT2D eigenvalue weighted by Crippen LogP contribution is 2.31. The largest absolute Gasteiger partial charge is 0.444 e. The summed E-state index contributed by atoms with van der Waals surface area (Å²) in [6.07, 6.45) is -4.47. The van der Waals surface area contributed by atoms with Gasteiger partial charge in [-0.05, 0) is 20.8 Å². The van der Waals surface area contributed by atoms with Gasteiger partial charge in [0.1, 0.15) is 17.8 Å². The molecule has 4 aliphatic rings. The first-order valence-electron chi connectivity index (χ1n) is 9.75. The van der Waals surface area contributed by atoms with Crippen LogP contribution in [0.15, 0.2) is 0 Å². The Morgan fingerprint density at radius 1 is 0.862 bits per heavy atom.